The van der Waals surface area contributed by atoms with E-state index in [-0.39, 0.29) is 24.8 Å². The van der Waals surface area contributed by atoms with E-state index < -0.39 is 12.2 Å². The Bertz CT molecular complexity index is 548. The number of nitrogens with one attached hydrogen (secondary N) is 1. The molecule has 8 heteroatoms. The number of amides is 2. The quantitative estimate of drug-likeness (QED) is 0.674. The summed E-state index contributed by atoms with van der Waals surface area (Å²) in [5, 5.41) is 12.1. The Morgan fingerprint density at radius 3 is 2.77 bits per heavy atom. The Kier molecular flexibility index (Phi) is 7.88. The van der Waals surface area contributed by atoms with E-state index in [1.807, 2.05) is 0 Å². The Labute approximate surface area is 154 Å². The highest BCUT2D eigenvalue weighted by atomic mass is 16.6. The maximum atomic E-state index is 13.1. The van der Waals surface area contributed by atoms with Crippen molar-refractivity contribution in [3.8, 4) is 6.07 Å². The van der Waals surface area contributed by atoms with Crippen LogP contribution in [0.2, 0.25) is 0 Å². The van der Waals surface area contributed by atoms with Gasteiger partial charge in [-0.1, -0.05) is 12.2 Å². The number of ether oxygens (including phenoxy) is 2. The summed E-state index contributed by atoms with van der Waals surface area (Å²) in [6, 6.07) is 2.11. The molecule has 2 atom stereocenters. The molecule has 144 valence electrons. The topological polar surface area (TPSA) is 94.9 Å². The van der Waals surface area contributed by atoms with E-state index in [2.05, 4.69) is 18.0 Å². The number of carbonyl (C=O) groups is 2. The van der Waals surface area contributed by atoms with Gasteiger partial charge in [-0.3, -0.25) is 4.79 Å². The Morgan fingerprint density at radius 1 is 1.46 bits per heavy atom. The highest BCUT2D eigenvalue weighted by Crippen LogP contribution is 2.17. The fourth-order valence-electron chi connectivity index (χ4n) is 3.17. The van der Waals surface area contributed by atoms with Gasteiger partial charge in [-0.2, -0.15) is 5.26 Å². The van der Waals surface area contributed by atoms with Crippen LogP contribution in [0.15, 0.2) is 12.2 Å². The molecule has 0 spiro atoms. The zero-order chi connectivity index (χ0) is 18.9. The second kappa shape index (κ2) is 10.1. The van der Waals surface area contributed by atoms with Crippen molar-refractivity contribution >= 4 is 12.0 Å². The molecule has 2 unspecified atom stereocenters. The lowest BCUT2D eigenvalue weighted by Gasteiger charge is -2.33. The first-order valence-electron chi connectivity index (χ1n) is 9.08. The van der Waals surface area contributed by atoms with Crippen molar-refractivity contribution < 1.29 is 19.1 Å². The molecule has 2 saturated heterocycles. The van der Waals surface area contributed by atoms with Crippen LogP contribution in [-0.4, -0.2) is 79.9 Å². The normalized spacial score (nSPS) is 20.9. The maximum Gasteiger partial charge on any atom is 0.410 e. The third-order valence-corrected chi connectivity index (χ3v) is 4.54. The van der Waals surface area contributed by atoms with Crippen LogP contribution in [0.25, 0.3) is 0 Å². The van der Waals surface area contributed by atoms with Crippen LogP contribution >= 0.6 is 0 Å². The molecule has 0 aliphatic carbocycles. The minimum atomic E-state index is -0.915. The molecule has 2 amide bonds. The van der Waals surface area contributed by atoms with Crippen molar-refractivity contribution in [3.05, 3.63) is 12.2 Å². The fourth-order valence-corrected chi connectivity index (χ4v) is 3.17. The van der Waals surface area contributed by atoms with Crippen molar-refractivity contribution in [2.75, 3.05) is 45.9 Å². The largest absolute Gasteiger partial charge is 0.436 e. The smallest absolute Gasteiger partial charge is 0.410 e. The van der Waals surface area contributed by atoms with Crippen molar-refractivity contribution in [2.24, 2.45) is 0 Å². The Balaban J connectivity index is 2.08. The molecule has 2 heterocycles. The molecule has 0 bridgehead atoms. The van der Waals surface area contributed by atoms with Crippen molar-refractivity contribution in [3.63, 3.8) is 0 Å². The van der Waals surface area contributed by atoms with E-state index >= 15 is 0 Å². The highest BCUT2D eigenvalue weighted by Gasteiger charge is 2.34. The van der Waals surface area contributed by atoms with E-state index in [1.165, 1.54) is 0 Å². The van der Waals surface area contributed by atoms with Gasteiger partial charge >= 0.3 is 6.09 Å². The average Bonchev–Trinajstić information content (AvgIpc) is 3.16. The third-order valence-electron chi connectivity index (χ3n) is 4.54. The molecule has 2 aliphatic heterocycles. The summed E-state index contributed by atoms with van der Waals surface area (Å²) < 4.78 is 10.8. The summed E-state index contributed by atoms with van der Waals surface area (Å²) in [5.41, 5.74) is 0.767. The van der Waals surface area contributed by atoms with Gasteiger partial charge in [-0.25, -0.2) is 4.79 Å². The molecule has 2 aliphatic rings. The molecule has 1 N–H and O–H groups in total. The van der Waals surface area contributed by atoms with Gasteiger partial charge in [-0.15, -0.1) is 0 Å². The number of carbonyl (C=O) groups excluding carboxylic acids is 2. The minimum absolute atomic E-state index is 0.0190. The molecule has 0 saturated carbocycles. The maximum absolute atomic E-state index is 13.1. The molecule has 0 aromatic heterocycles. The molecule has 8 nitrogen and oxygen atoms in total. The Hall–Kier alpha value is -2.11. The van der Waals surface area contributed by atoms with Gasteiger partial charge in [0.15, 0.2) is 6.10 Å². The van der Waals surface area contributed by atoms with Gasteiger partial charge in [0, 0.05) is 38.6 Å². The van der Waals surface area contributed by atoms with Crippen LogP contribution in [0.3, 0.4) is 0 Å². The van der Waals surface area contributed by atoms with Crippen LogP contribution in [0, 0.1) is 11.3 Å². The molecular weight excluding hydrogens is 336 g/mol. The molecule has 2 fully saturated rings. The lowest BCUT2D eigenvalue weighted by Crippen LogP contribution is -2.50. The summed E-state index contributed by atoms with van der Waals surface area (Å²) >= 11 is 0. The first-order chi connectivity index (χ1) is 12.5. The first kappa shape index (κ1) is 20.2. The van der Waals surface area contributed by atoms with Crippen LogP contribution in [0.4, 0.5) is 4.79 Å². The van der Waals surface area contributed by atoms with E-state index in [0.717, 1.165) is 18.5 Å². The monoisotopic (exact) mass is 364 g/mol. The zero-order valence-electron chi connectivity index (χ0n) is 15.4. The highest BCUT2D eigenvalue weighted by molar-refractivity contribution is 5.84. The molecule has 0 aromatic carbocycles. The van der Waals surface area contributed by atoms with Crippen LogP contribution in [-0.2, 0) is 14.3 Å². The third kappa shape index (κ3) is 5.71. The molecule has 0 radical (unpaired) electrons. The fraction of sp³-hybridized carbons (Fsp3) is 0.722. The summed E-state index contributed by atoms with van der Waals surface area (Å²) in [6.45, 7) is 9.37. The second-order valence-electron chi connectivity index (χ2n) is 6.72. The minimum Gasteiger partial charge on any atom is -0.436 e. The number of nitriles is 1. The van der Waals surface area contributed by atoms with E-state index in [4.69, 9.17) is 14.7 Å². The van der Waals surface area contributed by atoms with Gasteiger partial charge in [0.05, 0.1) is 25.7 Å². The van der Waals surface area contributed by atoms with Crippen LogP contribution in [0.1, 0.15) is 26.2 Å². The van der Waals surface area contributed by atoms with Crippen molar-refractivity contribution in [1.29, 1.82) is 5.26 Å². The van der Waals surface area contributed by atoms with Gasteiger partial charge in [0.1, 0.15) is 0 Å². The SMILES string of the molecule is C=C(C)CC(OC(=O)N1CCOCC1)C(=O)N(CCC#N)C1CCNC1. The summed E-state index contributed by atoms with van der Waals surface area (Å²) in [7, 11) is 0. The molecular formula is C18H28N4O4. The number of hydrogen-bond donors (Lipinski definition) is 1. The van der Waals surface area contributed by atoms with E-state index in [1.54, 1.807) is 16.7 Å². The molecule has 0 aromatic rings. The number of hydrogen-bond acceptors (Lipinski definition) is 6. The lowest BCUT2D eigenvalue weighted by atomic mass is 10.1. The number of rotatable bonds is 7. The van der Waals surface area contributed by atoms with Gasteiger partial charge in [-0.05, 0) is 19.9 Å². The molecule has 2 rings (SSSR count). The summed E-state index contributed by atoms with van der Waals surface area (Å²) in [5.74, 6) is -0.251. The summed E-state index contributed by atoms with van der Waals surface area (Å²) in [6.07, 6.45) is -0.0637. The lowest BCUT2D eigenvalue weighted by molar-refractivity contribution is -0.143. The Morgan fingerprint density at radius 2 is 2.19 bits per heavy atom. The molecule has 26 heavy (non-hydrogen) atoms. The predicted octanol–water partition coefficient (Wildman–Crippen LogP) is 0.894. The standard InChI is InChI=1S/C18H28N4O4/c1-14(2)12-16(26-18(24)21-8-10-25-11-9-21)17(23)22(7-3-5-19)15-4-6-20-13-15/h15-16,20H,1,3-4,6-13H2,2H3. The number of nitrogens with zero attached hydrogens (tertiary/aromatic N) is 3. The number of morpholine rings is 1. The average molecular weight is 364 g/mol. The summed E-state index contributed by atoms with van der Waals surface area (Å²) in [4.78, 5) is 28.8. The second-order valence-corrected chi connectivity index (χ2v) is 6.72. The van der Waals surface area contributed by atoms with Crippen LogP contribution < -0.4 is 5.32 Å². The van der Waals surface area contributed by atoms with Crippen LogP contribution in [0.5, 0.6) is 0 Å². The van der Waals surface area contributed by atoms with Crippen molar-refractivity contribution in [2.45, 2.75) is 38.3 Å². The van der Waals surface area contributed by atoms with E-state index in [0.29, 0.717) is 39.4 Å². The first-order valence-corrected chi connectivity index (χ1v) is 9.08. The van der Waals surface area contributed by atoms with Crippen molar-refractivity contribution in [1.82, 2.24) is 15.1 Å². The van der Waals surface area contributed by atoms with Gasteiger partial charge < -0.3 is 24.6 Å². The zero-order valence-corrected chi connectivity index (χ0v) is 15.4. The van der Waals surface area contributed by atoms with Gasteiger partial charge in [0.2, 0.25) is 0 Å². The predicted molar refractivity (Wildman–Crippen MR) is 95.3 cm³/mol. The van der Waals surface area contributed by atoms with E-state index in [9.17, 15) is 9.59 Å². The van der Waals surface area contributed by atoms with Gasteiger partial charge in [0.25, 0.3) is 5.91 Å².